The number of nitrogens with two attached hydrogens (primary N) is 1. The van der Waals surface area contributed by atoms with E-state index in [2.05, 4.69) is 5.97 Å². The smallest absolute Gasteiger partial charge is 0.271 e. The number of halogens is 1. The third-order valence-corrected chi connectivity index (χ3v) is 3.19. The molecule has 1 amide bonds. The van der Waals surface area contributed by atoms with Crippen LogP contribution in [0.25, 0.3) is 5.57 Å². The standard InChI is InChI=1S/C13H12BFN2O/c15-12-7-10(13(17)18)1-2-11(12)9-3-5-14(8-16)6-4-9/h1-3,7H,4-6H2,(H2,17,18). The molecule has 0 atom stereocenters. The van der Waals surface area contributed by atoms with Crippen molar-refractivity contribution in [2.24, 2.45) is 5.73 Å². The van der Waals surface area contributed by atoms with Crippen LogP contribution < -0.4 is 5.73 Å². The zero-order chi connectivity index (χ0) is 13.1. The number of amides is 1. The summed E-state index contributed by atoms with van der Waals surface area (Å²) in [5.74, 6) is 1.14. The van der Waals surface area contributed by atoms with Crippen LogP contribution in [0.15, 0.2) is 24.3 Å². The molecule has 0 spiro atoms. The van der Waals surface area contributed by atoms with Crippen molar-refractivity contribution < 1.29 is 9.18 Å². The van der Waals surface area contributed by atoms with Gasteiger partial charge < -0.3 is 5.73 Å². The fourth-order valence-electron chi connectivity index (χ4n) is 2.12. The Hall–Kier alpha value is -2.09. The van der Waals surface area contributed by atoms with E-state index in [1.165, 1.54) is 6.07 Å². The molecule has 3 nitrogen and oxygen atoms in total. The topological polar surface area (TPSA) is 66.9 Å². The van der Waals surface area contributed by atoms with Crippen LogP contribution in [-0.2, 0) is 0 Å². The maximum absolute atomic E-state index is 13.9. The first kappa shape index (κ1) is 12.4. The molecule has 2 rings (SSSR count). The number of hydrogen-bond donors (Lipinski definition) is 1. The third kappa shape index (κ3) is 2.43. The maximum Gasteiger partial charge on any atom is 0.271 e. The van der Waals surface area contributed by atoms with E-state index in [-0.39, 0.29) is 12.3 Å². The molecule has 0 radical (unpaired) electrons. The summed E-state index contributed by atoms with van der Waals surface area (Å²) >= 11 is 0. The largest absolute Gasteiger partial charge is 0.366 e. The van der Waals surface area contributed by atoms with Gasteiger partial charge in [0.1, 0.15) is 5.82 Å². The lowest BCUT2D eigenvalue weighted by Crippen LogP contribution is -2.14. The molecule has 0 aromatic heterocycles. The van der Waals surface area contributed by atoms with Crippen LogP contribution in [0.3, 0.4) is 0 Å². The SMILES string of the molecule is N#CB1CC=C(c2ccc(C(N)=O)cc2F)CC1. The van der Waals surface area contributed by atoms with Gasteiger partial charge in [-0.05, 0) is 30.4 Å². The van der Waals surface area contributed by atoms with Crippen molar-refractivity contribution in [3.05, 3.63) is 41.2 Å². The van der Waals surface area contributed by atoms with Crippen LogP contribution in [0.5, 0.6) is 0 Å². The molecule has 0 saturated heterocycles. The van der Waals surface area contributed by atoms with Gasteiger partial charge in [-0.25, -0.2) is 9.65 Å². The minimum atomic E-state index is -0.636. The Bertz CT molecular complexity index is 563. The molecule has 1 aliphatic rings. The lowest BCUT2D eigenvalue weighted by atomic mass is 9.43. The van der Waals surface area contributed by atoms with Crippen LogP contribution in [0.4, 0.5) is 4.39 Å². The lowest BCUT2D eigenvalue weighted by Gasteiger charge is -2.15. The summed E-state index contributed by atoms with van der Waals surface area (Å²) < 4.78 is 13.9. The second kappa shape index (κ2) is 5.05. The summed E-state index contributed by atoms with van der Waals surface area (Å²) in [5.41, 5.74) is 6.65. The molecular formula is C13H12BFN2O. The van der Waals surface area contributed by atoms with Gasteiger partial charge in [0.25, 0.3) is 6.71 Å². The first-order valence-electron chi connectivity index (χ1n) is 5.80. The van der Waals surface area contributed by atoms with E-state index < -0.39 is 11.7 Å². The highest BCUT2D eigenvalue weighted by Gasteiger charge is 2.20. The van der Waals surface area contributed by atoms with Gasteiger partial charge in [-0.2, -0.15) is 0 Å². The Kier molecular flexibility index (Phi) is 3.47. The molecule has 5 heteroatoms. The molecule has 18 heavy (non-hydrogen) atoms. The molecular weight excluding hydrogens is 230 g/mol. The monoisotopic (exact) mass is 242 g/mol. The van der Waals surface area contributed by atoms with Crippen LogP contribution in [-0.4, -0.2) is 12.6 Å². The highest BCUT2D eigenvalue weighted by molar-refractivity contribution is 6.67. The minimum absolute atomic E-state index is 0.0294. The number of nitrogens with zero attached hydrogens (tertiary/aromatic N) is 1. The van der Waals surface area contributed by atoms with Gasteiger partial charge in [0.15, 0.2) is 0 Å². The minimum Gasteiger partial charge on any atom is -0.366 e. The normalized spacial score (nSPS) is 14.9. The lowest BCUT2D eigenvalue weighted by molar-refractivity contribution is 0.1000. The fourth-order valence-corrected chi connectivity index (χ4v) is 2.12. The van der Waals surface area contributed by atoms with Crippen LogP contribution in [0, 0.1) is 17.0 Å². The second-order valence-corrected chi connectivity index (χ2v) is 4.39. The molecule has 0 saturated carbocycles. The maximum atomic E-state index is 13.9. The van der Waals surface area contributed by atoms with Crippen molar-refractivity contribution in [3.63, 3.8) is 0 Å². The van der Waals surface area contributed by atoms with Gasteiger partial charge in [0.05, 0.1) is 0 Å². The van der Waals surface area contributed by atoms with Crippen molar-refractivity contribution in [2.75, 3.05) is 0 Å². The third-order valence-electron chi connectivity index (χ3n) is 3.19. The average molecular weight is 242 g/mol. The molecule has 0 aliphatic carbocycles. The molecule has 1 aromatic carbocycles. The van der Waals surface area contributed by atoms with E-state index in [9.17, 15) is 9.18 Å². The number of allylic oxidation sites excluding steroid dienone is 2. The number of primary amides is 1. The Balaban J connectivity index is 2.28. The van der Waals surface area contributed by atoms with Crippen molar-refractivity contribution >= 4 is 18.2 Å². The van der Waals surface area contributed by atoms with Gasteiger partial charge in [0, 0.05) is 17.1 Å². The Labute approximate surface area is 105 Å². The van der Waals surface area contributed by atoms with E-state index in [0.29, 0.717) is 18.3 Å². The molecule has 1 aliphatic heterocycles. The van der Waals surface area contributed by atoms with E-state index in [1.807, 2.05) is 6.08 Å². The predicted octanol–water partition coefficient (Wildman–Crippen LogP) is 2.27. The predicted molar refractivity (Wildman–Crippen MR) is 68.5 cm³/mol. The number of hydrogen-bond acceptors (Lipinski definition) is 2. The highest BCUT2D eigenvalue weighted by Crippen LogP contribution is 2.29. The van der Waals surface area contributed by atoms with Gasteiger partial charge in [-0.1, -0.05) is 18.5 Å². The van der Waals surface area contributed by atoms with Crippen LogP contribution in [0.1, 0.15) is 22.3 Å². The fraction of sp³-hybridized carbons (Fsp3) is 0.231. The van der Waals surface area contributed by atoms with Crippen molar-refractivity contribution in [1.82, 2.24) is 0 Å². The summed E-state index contributed by atoms with van der Waals surface area (Å²) in [4.78, 5) is 10.9. The first-order chi connectivity index (χ1) is 8.61. The summed E-state index contributed by atoms with van der Waals surface area (Å²) in [5, 5.41) is 8.80. The van der Waals surface area contributed by atoms with Gasteiger partial charge in [-0.3, -0.25) is 4.79 Å². The zero-order valence-corrected chi connectivity index (χ0v) is 9.82. The molecule has 0 fully saturated rings. The number of nitriles is 1. The molecule has 1 aromatic rings. The molecule has 1 heterocycles. The number of carbonyl (C=O) groups is 1. The van der Waals surface area contributed by atoms with Crippen molar-refractivity contribution in [2.45, 2.75) is 19.1 Å². The van der Waals surface area contributed by atoms with Gasteiger partial charge >= 0.3 is 0 Å². The summed E-state index contributed by atoms with van der Waals surface area (Å²) in [6.45, 7) is 0.0294. The van der Waals surface area contributed by atoms with Crippen molar-refractivity contribution in [1.29, 1.82) is 5.26 Å². The highest BCUT2D eigenvalue weighted by atomic mass is 19.1. The Morgan fingerprint density at radius 3 is 2.78 bits per heavy atom. The van der Waals surface area contributed by atoms with E-state index >= 15 is 0 Å². The first-order valence-corrected chi connectivity index (χ1v) is 5.80. The van der Waals surface area contributed by atoms with Crippen LogP contribution >= 0.6 is 0 Å². The summed E-state index contributed by atoms with van der Waals surface area (Å²) in [6, 6.07) is 4.26. The van der Waals surface area contributed by atoms with Crippen molar-refractivity contribution in [3.8, 4) is 5.97 Å². The number of carbonyl (C=O) groups excluding carboxylic acids is 1. The Morgan fingerprint density at radius 2 is 2.28 bits per heavy atom. The zero-order valence-electron chi connectivity index (χ0n) is 9.82. The quantitative estimate of drug-likeness (QED) is 0.808. The van der Waals surface area contributed by atoms with E-state index in [0.717, 1.165) is 18.0 Å². The van der Waals surface area contributed by atoms with Crippen LogP contribution in [0.2, 0.25) is 12.6 Å². The number of benzene rings is 1. The van der Waals surface area contributed by atoms with E-state index in [1.54, 1.807) is 6.07 Å². The molecule has 2 N–H and O–H groups in total. The molecule has 90 valence electrons. The average Bonchev–Trinajstić information content (AvgIpc) is 2.38. The molecule has 0 bridgehead atoms. The van der Waals surface area contributed by atoms with Gasteiger partial charge in [-0.15, -0.1) is 0 Å². The Morgan fingerprint density at radius 1 is 1.50 bits per heavy atom. The summed E-state index contributed by atoms with van der Waals surface area (Å²) in [7, 11) is 0. The number of rotatable bonds is 2. The second-order valence-electron chi connectivity index (χ2n) is 4.39. The van der Waals surface area contributed by atoms with E-state index in [4.69, 9.17) is 11.0 Å². The molecule has 0 unspecified atom stereocenters. The summed E-state index contributed by atoms with van der Waals surface area (Å²) in [6.07, 6.45) is 3.99. The van der Waals surface area contributed by atoms with Gasteiger partial charge in [0.2, 0.25) is 5.91 Å².